The molecule has 0 saturated carbocycles. The van der Waals surface area contributed by atoms with Crippen LogP contribution in [0, 0.1) is 0 Å². The molecule has 2 aliphatic heterocycles. The van der Waals surface area contributed by atoms with E-state index < -0.39 is 27.8 Å². The Kier molecular flexibility index (Phi) is 8.16. The monoisotopic (exact) mass is 525 g/mol. The predicted octanol–water partition coefficient (Wildman–Crippen LogP) is 3.41. The summed E-state index contributed by atoms with van der Waals surface area (Å²) < 4.78 is 27.9. The van der Waals surface area contributed by atoms with E-state index in [1.807, 2.05) is 50.2 Å². The summed E-state index contributed by atoms with van der Waals surface area (Å²) in [5, 5.41) is 11.4. The zero-order valence-electron chi connectivity index (χ0n) is 21.7. The molecule has 0 aliphatic carbocycles. The maximum absolute atomic E-state index is 13.3. The van der Waals surface area contributed by atoms with Crippen molar-refractivity contribution in [2.75, 3.05) is 40.3 Å². The first kappa shape index (κ1) is 27.0. The number of rotatable bonds is 8. The number of Topliss-reactive ketones (excluding diaryl/α,β-unsaturated/α-hetero) is 1. The quantitative estimate of drug-likeness (QED) is 0.322. The van der Waals surface area contributed by atoms with Crippen LogP contribution in [0.2, 0.25) is 0 Å². The van der Waals surface area contributed by atoms with Crippen molar-refractivity contribution in [3.8, 4) is 0 Å². The molecule has 2 aliphatic rings. The van der Waals surface area contributed by atoms with Crippen LogP contribution in [0.15, 0.2) is 59.0 Å². The second-order valence-corrected chi connectivity index (χ2v) is 11.8. The minimum atomic E-state index is -3.74. The summed E-state index contributed by atoms with van der Waals surface area (Å²) in [5.74, 6) is -1.82. The molecule has 198 valence electrons. The van der Waals surface area contributed by atoms with Crippen LogP contribution in [0.5, 0.6) is 0 Å². The van der Waals surface area contributed by atoms with Crippen molar-refractivity contribution in [2.45, 2.75) is 43.5 Å². The fraction of sp³-hybridized carbons (Fsp3) is 0.429. The summed E-state index contributed by atoms with van der Waals surface area (Å²) in [7, 11) is 0.0333. The summed E-state index contributed by atoms with van der Waals surface area (Å²) in [4.78, 5) is 29.8. The zero-order chi connectivity index (χ0) is 26.7. The Morgan fingerprint density at radius 2 is 1.70 bits per heavy atom. The minimum absolute atomic E-state index is 0.0273. The van der Waals surface area contributed by atoms with Gasteiger partial charge in [0.25, 0.3) is 11.7 Å². The molecule has 0 spiro atoms. The number of aryl methyl sites for hydroxylation is 1. The molecule has 37 heavy (non-hydrogen) atoms. The lowest BCUT2D eigenvalue weighted by molar-refractivity contribution is -0.140. The van der Waals surface area contributed by atoms with E-state index in [-0.39, 0.29) is 21.8 Å². The number of hydrogen-bond acceptors (Lipinski definition) is 6. The second-order valence-electron chi connectivity index (χ2n) is 9.88. The van der Waals surface area contributed by atoms with Gasteiger partial charge in [-0.1, -0.05) is 49.7 Å². The second kappa shape index (κ2) is 11.2. The number of likely N-dealkylation sites (N-methyl/N-ethyl adjacent to an activating group) is 1. The number of ketones is 1. The van der Waals surface area contributed by atoms with Gasteiger partial charge in [-0.15, -0.1) is 0 Å². The summed E-state index contributed by atoms with van der Waals surface area (Å²) in [5.41, 5.74) is 2.00. The molecular weight excluding hydrogens is 490 g/mol. The Balaban J connectivity index is 1.79. The van der Waals surface area contributed by atoms with Gasteiger partial charge >= 0.3 is 0 Å². The summed E-state index contributed by atoms with van der Waals surface area (Å²) >= 11 is 0. The fourth-order valence-electron chi connectivity index (χ4n) is 4.91. The van der Waals surface area contributed by atoms with Gasteiger partial charge in [0.05, 0.1) is 16.5 Å². The number of piperidine rings is 1. The van der Waals surface area contributed by atoms with Gasteiger partial charge in [0, 0.05) is 31.7 Å². The third kappa shape index (κ3) is 5.49. The number of aliphatic hydroxyl groups excluding tert-OH is 1. The van der Waals surface area contributed by atoms with E-state index in [1.54, 1.807) is 12.1 Å². The summed E-state index contributed by atoms with van der Waals surface area (Å²) in [6.45, 7) is 3.81. The zero-order valence-corrected chi connectivity index (χ0v) is 22.5. The number of hydrogen-bond donors (Lipinski definition) is 1. The molecular formula is C28H35N3O5S. The SMILES string of the molecule is CCc1ccc(C2C(=C(O)c3cccc(S(=O)(=O)N4CCCCC4)c3)C(=O)C(=O)N2CCN(C)C)cc1. The topological polar surface area (TPSA) is 98.2 Å². The van der Waals surface area contributed by atoms with E-state index in [4.69, 9.17) is 0 Å². The van der Waals surface area contributed by atoms with Crippen LogP contribution in [-0.2, 0) is 26.0 Å². The average Bonchev–Trinajstić information content (AvgIpc) is 3.17. The predicted molar refractivity (Wildman–Crippen MR) is 142 cm³/mol. The normalized spacial score (nSPS) is 20.6. The van der Waals surface area contributed by atoms with Gasteiger partial charge in [-0.05, 0) is 56.6 Å². The van der Waals surface area contributed by atoms with Crippen molar-refractivity contribution in [2.24, 2.45) is 0 Å². The lowest BCUT2D eigenvalue weighted by atomic mass is 9.94. The van der Waals surface area contributed by atoms with Gasteiger partial charge in [0.2, 0.25) is 10.0 Å². The van der Waals surface area contributed by atoms with E-state index in [2.05, 4.69) is 0 Å². The van der Waals surface area contributed by atoms with Gasteiger partial charge in [0.1, 0.15) is 5.76 Å². The number of aliphatic hydroxyl groups is 1. The molecule has 2 fully saturated rings. The van der Waals surface area contributed by atoms with E-state index in [0.717, 1.165) is 31.2 Å². The first-order chi connectivity index (χ1) is 17.6. The number of likely N-dealkylation sites (tertiary alicyclic amines) is 1. The first-order valence-corrected chi connectivity index (χ1v) is 14.2. The van der Waals surface area contributed by atoms with Crippen LogP contribution in [0.4, 0.5) is 0 Å². The van der Waals surface area contributed by atoms with Crippen molar-refractivity contribution < 1.29 is 23.1 Å². The fourth-order valence-corrected chi connectivity index (χ4v) is 6.48. The molecule has 4 rings (SSSR count). The number of sulfonamides is 1. The Labute approximate surface area is 219 Å². The first-order valence-electron chi connectivity index (χ1n) is 12.8. The number of carbonyl (C=O) groups excluding carboxylic acids is 2. The molecule has 1 atom stereocenters. The maximum Gasteiger partial charge on any atom is 0.295 e. The van der Waals surface area contributed by atoms with Crippen molar-refractivity contribution in [3.05, 3.63) is 70.8 Å². The van der Waals surface area contributed by atoms with Crippen molar-refractivity contribution in [1.29, 1.82) is 0 Å². The highest BCUT2D eigenvalue weighted by Gasteiger charge is 2.46. The lowest BCUT2D eigenvalue weighted by Gasteiger charge is -2.27. The molecule has 0 radical (unpaired) electrons. The average molecular weight is 526 g/mol. The standard InChI is InChI=1S/C28H35N3O5S/c1-4-20-11-13-21(14-12-20)25-24(27(33)28(34)31(25)18-17-29(2)3)26(32)22-9-8-10-23(19-22)37(35,36)30-15-6-5-7-16-30/h8-14,19,25,32H,4-7,15-18H2,1-3H3. The van der Waals surface area contributed by atoms with Gasteiger partial charge in [0.15, 0.2) is 0 Å². The van der Waals surface area contributed by atoms with Crippen molar-refractivity contribution in [1.82, 2.24) is 14.1 Å². The number of amides is 1. The molecule has 2 aromatic carbocycles. The van der Waals surface area contributed by atoms with Crippen LogP contribution in [-0.4, -0.2) is 79.6 Å². The highest BCUT2D eigenvalue weighted by Crippen LogP contribution is 2.39. The van der Waals surface area contributed by atoms with Gasteiger partial charge in [-0.2, -0.15) is 4.31 Å². The third-order valence-corrected chi connectivity index (χ3v) is 8.99. The van der Waals surface area contributed by atoms with E-state index in [9.17, 15) is 23.1 Å². The largest absolute Gasteiger partial charge is 0.507 e. The third-order valence-electron chi connectivity index (χ3n) is 7.09. The van der Waals surface area contributed by atoms with Gasteiger partial charge < -0.3 is 14.9 Å². The summed E-state index contributed by atoms with van der Waals surface area (Å²) in [6.07, 6.45) is 3.47. The van der Waals surface area contributed by atoms with E-state index in [0.29, 0.717) is 31.7 Å². The number of nitrogens with zero attached hydrogens (tertiary/aromatic N) is 3. The molecule has 1 N–H and O–H groups in total. The maximum atomic E-state index is 13.3. The number of carbonyl (C=O) groups is 2. The molecule has 8 nitrogen and oxygen atoms in total. The minimum Gasteiger partial charge on any atom is -0.507 e. The van der Waals surface area contributed by atoms with Crippen molar-refractivity contribution in [3.63, 3.8) is 0 Å². The van der Waals surface area contributed by atoms with Gasteiger partial charge in [-0.3, -0.25) is 9.59 Å². The van der Waals surface area contributed by atoms with Gasteiger partial charge in [-0.25, -0.2) is 8.42 Å². The Morgan fingerprint density at radius 1 is 1.03 bits per heavy atom. The Bertz CT molecular complexity index is 1300. The van der Waals surface area contributed by atoms with E-state index in [1.165, 1.54) is 21.3 Å². The smallest absolute Gasteiger partial charge is 0.295 e. The number of benzene rings is 2. The van der Waals surface area contributed by atoms with Crippen LogP contribution in [0.1, 0.15) is 48.9 Å². The van der Waals surface area contributed by atoms with E-state index >= 15 is 0 Å². The molecule has 2 aromatic rings. The molecule has 2 saturated heterocycles. The van der Waals surface area contributed by atoms with Crippen LogP contribution >= 0.6 is 0 Å². The van der Waals surface area contributed by atoms with Crippen molar-refractivity contribution >= 4 is 27.5 Å². The highest BCUT2D eigenvalue weighted by molar-refractivity contribution is 7.89. The van der Waals surface area contributed by atoms with Crippen LogP contribution in [0.3, 0.4) is 0 Å². The Morgan fingerprint density at radius 3 is 2.32 bits per heavy atom. The highest BCUT2D eigenvalue weighted by atomic mass is 32.2. The molecule has 1 unspecified atom stereocenters. The summed E-state index contributed by atoms with van der Waals surface area (Å²) in [6, 6.07) is 12.9. The molecule has 0 bridgehead atoms. The molecule has 0 aromatic heterocycles. The van der Waals surface area contributed by atoms with Crippen LogP contribution < -0.4 is 0 Å². The Hall–Kier alpha value is -3.01. The molecule has 2 heterocycles. The molecule has 1 amide bonds. The molecule has 9 heteroatoms. The lowest BCUT2D eigenvalue weighted by Crippen LogP contribution is -2.35. The van der Waals surface area contributed by atoms with Crippen LogP contribution in [0.25, 0.3) is 5.76 Å².